The molecule has 0 radical (unpaired) electrons. The first-order valence-corrected chi connectivity index (χ1v) is 13.1. The minimum atomic E-state index is -0.360. The van der Waals surface area contributed by atoms with Crippen molar-refractivity contribution in [1.29, 1.82) is 0 Å². The third-order valence-corrected chi connectivity index (χ3v) is 6.46. The Morgan fingerprint density at radius 1 is 0.795 bits per heavy atom. The van der Waals surface area contributed by atoms with E-state index in [1.165, 1.54) is 6.20 Å². The van der Waals surface area contributed by atoms with Crippen molar-refractivity contribution in [2.24, 2.45) is 5.92 Å². The van der Waals surface area contributed by atoms with Gasteiger partial charge in [-0.1, -0.05) is 17.7 Å². The number of hydrogen-bond acceptors (Lipinski definition) is 7. The molecule has 0 spiro atoms. The van der Waals surface area contributed by atoms with Crippen molar-refractivity contribution < 1.29 is 23.7 Å². The summed E-state index contributed by atoms with van der Waals surface area (Å²) in [6, 6.07) is 21.5. The second kappa shape index (κ2) is 12.5. The highest BCUT2D eigenvalue weighted by molar-refractivity contribution is 6.30. The SMILES string of the molecule is Cc1ccc(Oc2ccc(OCC3CCN(C(=O)Oc4ccc(Oc5ccc(Cl)cn5)cc4)CC3)cc2)nc1. The number of carbonyl (C=O) groups excluding carboxylic acids is 1. The Kier molecular flexibility index (Phi) is 8.43. The number of benzene rings is 2. The molecule has 0 unspecified atom stereocenters. The summed E-state index contributed by atoms with van der Waals surface area (Å²) >= 11 is 5.84. The van der Waals surface area contributed by atoms with Gasteiger partial charge in [-0.2, -0.15) is 0 Å². The summed E-state index contributed by atoms with van der Waals surface area (Å²) in [6.45, 7) is 3.81. The summed E-state index contributed by atoms with van der Waals surface area (Å²) < 4.78 is 23.0. The van der Waals surface area contributed by atoms with Gasteiger partial charge >= 0.3 is 6.09 Å². The number of halogens is 1. The molecule has 1 saturated heterocycles. The van der Waals surface area contributed by atoms with Crippen LogP contribution in [-0.2, 0) is 0 Å². The second-order valence-electron chi connectivity index (χ2n) is 9.24. The Morgan fingerprint density at radius 3 is 1.92 bits per heavy atom. The predicted molar refractivity (Wildman–Crippen MR) is 147 cm³/mol. The van der Waals surface area contributed by atoms with Gasteiger partial charge in [-0.3, -0.25) is 0 Å². The molecule has 8 nitrogen and oxygen atoms in total. The molecule has 1 amide bonds. The number of nitrogens with zero attached hydrogens (tertiary/aromatic N) is 3. The second-order valence-corrected chi connectivity index (χ2v) is 9.68. The molecule has 5 rings (SSSR count). The Hall–Kier alpha value is -4.30. The Balaban J connectivity index is 1.03. The van der Waals surface area contributed by atoms with Crippen LogP contribution in [0.25, 0.3) is 0 Å². The van der Waals surface area contributed by atoms with E-state index < -0.39 is 0 Å². The first-order valence-electron chi connectivity index (χ1n) is 12.7. The van der Waals surface area contributed by atoms with Gasteiger partial charge in [0.15, 0.2) is 0 Å². The molecule has 1 aliphatic heterocycles. The summed E-state index contributed by atoms with van der Waals surface area (Å²) in [5.74, 6) is 3.85. The van der Waals surface area contributed by atoms with Crippen LogP contribution in [0, 0.1) is 12.8 Å². The van der Waals surface area contributed by atoms with E-state index in [0.717, 1.165) is 24.2 Å². The molecule has 0 atom stereocenters. The minimum absolute atomic E-state index is 0.360. The fraction of sp³-hybridized carbons (Fsp3) is 0.233. The normalized spacial score (nSPS) is 13.5. The lowest BCUT2D eigenvalue weighted by Gasteiger charge is -2.31. The van der Waals surface area contributed by atoms with Crippen LogP contribution in [0.5, 0.6) is 34.8 Å². The van der Waals surface area contributed by atoms with Crippen LogP contribution in [0.2, 0.25) is 5.02 Å². The molecule has 39 heavy (non-hydrogen) atoms. The maximum atomic E-state index is 12.6. The molecule has 0 aliphatic carbocycles. The number of ether oxygens (including phenoxy) is 4. The predicted octanol–water partition coefficient (Wildman–Crippen LogP) is 7.31. The van der Waals surface area contributed by atoms with Gasteiger partial charge in [-0.25, -0.2) is 14.8 Å². The van der Waals surface area contributed by atoms with E-state index in [0.29, 0.717) is 59.6 Å². The largest absolute Gasteiger partial charge is 0.493 e. The quantitative estimate of drug-likeness (QED) is 0.229. The highest BCUT2D eigenvalue weighted by atomic mass is 35.5. The van der Waals surface area contributed by atoms with Crippen LogP contribution >= 0.6 is 11.6 Å². The molecule has 2 aromatic heterocycles. The molecular formula is C30H28ClN3O5. The molecule has 200 valence electrons. The van der Waals surface area contributed by atoms with E-state index in [1.54, 1.807) is 47.5 Å². The van der Waals surface area contributed by atoms with Gasteiger partial charge < -0.3 is 23.8 Å². The van der Waals surface area contributed by atoms with Crippen molar-refractivity contribution in [2.45, 2.75) is 19.8 Å². The molecule has 0 saturated carbocycles. The summed E-state index contributed by atoms with van der Waals surface area (Å²) in [5, 5.41) is 0.536. The maximum absolute atomic E-state index is 12.6. The molecule has 1 fully saturated rings. The average molecular weight is 546 g/mol. The minimum Gasteiger partial charge on any atom is -0.493 e. The number of aryl methyl sites for hydroxylation is 1. The number of piperidine rings is 1. The van der Waals surface area contributed by atoms with Crippen LogP contribution in [0.1, 0.15) is 18.4 Å². The van der Waals surface area contributed by atoms with Gasteiger partial charge in [-0.15, -0.1) is 0 Å². The van der Waals surface area contributed by atoms with Gasteiger partial charge in [0.25, 0.3) is 0 Å². The molecule has 3 heterocycles. The monoisotopic (exact) mass is 545 g/mol. The summed E-state index contributed by atoms with van der Waals surface area (Å²) in [6.07, 6.45) is 4.61. The topological polar surface area (TPSA) is 83.0 Å². The third kappa shape index (κ3) is 7.61. The number of carbonyl (C=O) groups is 1. The smallest absolute Gasteiger partial charge is 0.415 e. The maximum Gasteiger partial charge on any atom is 0.415 e. The van der Waals surface area contributed by atoms with Crippen LogP contribution in [0.15, 0.2) is 85.2 Å². The van der Waals surface area contributed by atoms with E-state index >= 15 is 0 Å². The number of rotatable bonds is 8. The Morgan fingerprint density at radius 2 is 1.36 bits per heavy atom. The van der Waals surface area contributed by atoms with E-state index in [2.05, 4.69) is 9.97 Å². The van der Waals surface area contributed by atoms with Crippen LogP contribution in [-0.4, -0.2) is 40.7 Å². The first-order chi connectivity index (χ1) is 19.0. The Bertz CT molecular complexity index is 1360. The number of amides is 1. The van der Waals surface area contributed by atoms with Gasteiger partial charge in [0.2, 0.25) is 11.8 Å². The fourth-order valence-electron chi connectivity index (χ4n) is 4.02. The standard InChI is InChI=1S/C30H28ClN3O5/c1-21-2-12-28(32-18-21)37-25-6-4-24(5-7-25)36-20-22-14-16-34(17-15-22)30(35)39-27-10-8-26(9-11-27)38-29-13-3-23(31)19-33-29/h2-13,18-19,22H,14-17,20H2,1H3. The Labute approximate surface area is 232 Å². The van der Waals surface area contributed by atoms with E-state index in [4.69, 9.17) is 30.5 Å². The first kappa shape index (κ1) is 26.3. The molecule has 4 aromatic rings. The van der Waals surface area contributed by atoms with Gasteiger partial charge in [0, 0.05) is 37.6 Å². The van der Waals surface area contributed by atoms with Crippen molar-refractivity contribution in [1.82, 2.24) is 14.9 Å². The van der Waals surface area contributed by atoms with Gasteiger partial charge in [0.1, 0.15) is 23.0 Å². The molecule has 1 aliphatic rings. The highest BCUT2D eigenvalue weighted by Gasteiger charge is 2.24. The lowest BCUT2D eigenvalue weighted by molar-refractivity contribution is 0.117. The van der Waals surface area contributed by atoms with Crippen molar-refractivity contribution >= 4 is 17.7 Å². The highest BCUT2D eigenvalue weighted by Crippen LogP contribution is 2.26. The summed E-state index contributed by atoms with van der Waals surface area (Å²) in [5.41, 5.74) is 1.08. The molecule has 9 heteroatoms. The zero-order valence-electron chi connectivity index (χ0n) is 21.5. The van der Waals surface area contributed by atoms with Crippen LogP contribution < -0.4 is 18.9 Å². The number of likely N-dealkylation sites (tertiary alicyclic amines) is 1. The van der Waals surface area contributed by atoms with Crippen molar-refractivity contribution in [3.8, 4) is 34.8 Å². The lowest BCUT2D eigenvalue weighted by Crippen LogP contribution is -2.41. The fourth-order valence-corrected chi connectivity index (χ4v) is 4.13. The van der Waals surface area contributed by atoms with Crippen LogP contribution in [0.4, 0.5) is 4.79 Å². The van der Waals surface area contributed by atoms with Crippen molar-refractivity contribution in [3.05, 3.63) is 95.8 Å². The zero-order valence-corrected chi connectivity index (χ0v) is 22.2. The van der Waals surface area contributed by atoms with Gasteiger partial charge in [-0.05, 0) is 85.8 Å². The summed E-state index contributed by atoms with van der Waals surface area (Å²) in [4.78, 5) is 22.7. The zero-order chi connectivity index (χ0) is 27.0. The number of pyridine rings is 2. The third-order valence-electron chi connectivity index (χ3n) is 6.24. The van der Waals surface area contributed by atoms with E-state index in [9.17, 15) is 4.79 Å². The van der Waals surface area contributed by atoms with E-state index in [-0.39, 0.29) is 6.09 Å². The number of aromatic nitrogens is 2. The lowest BCUT2D eigenvalue weighted by atomic mass is 9.98. The van der Waals surface area contributed by atoms with Gasteiger partial charge in [0.05, 0.1) is 11.6 Å². The van der Waals surface area contributed by atoms with Crippen molar-refractivity contribution in [2.75, 3.05) is 19.7 Å². The number of hydrogen-bond donors (Lipinski definition) is 0. The average Bonchev–Trinajstić information content (AvgIpc) is 2.96. The van der Waals surface area contributed by atoms with Crippen LogP contribution in [0.3, 0.4) is 0 Å². The molecule has 0 N–H and O–H groups in total. The molecular weight excluding hydrogens is 518 g/mol. The van der Waals surface area contributed by atoms with Crippen molar-refractivity contribution in [3.63, 3.8) is 0 Å². The molecule has 2 aromatic carbocycles. The van der Waals surface area contributed by atoms with E-state index in [1.807, 2.05) is 43.3 Å². The molecule has 0 bridgehead atoms. The summed E-state index contributed by atoms with van der Waals surface area (Å²) in [7, 11) is 0.